The van der Waals surface area contributed by atoms with E-state index in [0.717, 1.165) is 0 Å². The van der Waals surface area contributed by atoms with Crippen LogP contribution in [0.1, 0.15) is 5.82 Å². The quantitative estimate of drug-likeness (QED) is 0.791. The molecule has 0 saturated heterocycles. The summed E-state index contributed by atoms with van der Waals surface area (Å²) in [7, 11) is 0. The van der Waals surface area contributed by atoms with Crippen LogP contribution in [-0.2, 0) is 6.61 Å². The van der Waals surface area contributed by atoms with Gasteiger partial charge >= 0.3 is 6.36 Å². The molecule has 0 aliphatic carbocycles. The third kappa shape index (κ3) is 3.49. The van der Waals surface area contributed by atoms with E-state index in [1.54, 1.807) is 12.1 Å². The van der Waals surface area contributed by atoms with Crippen molar-refractivity contribution in [2.75, 3.05) is 0 Å². The average molecular weight is 308 g/mol. The van der Waals surface area contributed by atoms with E-state index >= 15 is 0 Å². The second kappa shape index (κ2) is 5.59. The lowest BCUT2D eigenvalue weighted by Crippen LogP contribution is -2.16. The Morgan fingerprint density at radius 3 is 2.50 bits per heavy atom. The molecule has 0 aliphatic heterocycles. The Morgan fingerprint density at radius 1 is 1.00 bits per heavy atom. The summed E-state index contributed by atoms with van der Waals surface area (Å²) in [6, 6.07) is 13.1. The van der Waals surface area contributed by atoms with Crippen LogP contribution in [0.2, 0.25) is 0 Å². The Labute approximate surface area is 123 Å². The number of halogens is 3. The van der Waals surface area contributed by atoms with Gasteiger partial charge in [0.2, 0.25) is 0 Å². The first kappa shape index (κ1) is 14.2. The highest BCUT2D eigenvalue weighted by Crippen LogP contribution is 2.25. The Balaban J connectivity index is 1.75. The molecule has 0 spiro atoms. The zero-order valence-corrected chi connectivity index (χ0v) is 11.2. The lowest BCUT2D eigenvalue weighted by Gasteiger charge is -2.07. The van der Waals surface area contributed by atoms with Crippen molar-refractivity contribution >= 4 is 11.0 Å². The van der Waals surface area contributed by atoms with Gasteiger partial charge in [0.25, 0.3) is 0 Å². The maximum atomic E-state index is 12.2. The highest BCUT2D eigenvalue weighted by Gasteiger charge is 2.31. The molecule has 0 atom stereocenters. The summed E-state index contributed by atoms with van der Waals surface area (Å²) in [4.78, 5) is 7.16. The molecular weight excluding hydrogens is 297 g/mol. The van der Waals surface area contributed by atoms with Crippen LogP contribution in [0.15, 0.2) is 48.5 Å². The molecule has 114 valence electrons. The van der Waals surface area contributed by atoms with E-state index in [1.165, 1.54) is 18.2 Å². The highest BCUT2D eigenvalue weighted by atomic mass is 19.4. The van der Waals surface area contributed by atoms with Gasteiger partial charge in [-0.1, -0.05) is 18.2 Å². The SMILES string of the molecule is FC(F)(F)Oc1ccc2nc(COc3ccccc3)[nH]c2c1. The van der Waals surface area contributed by atoms with Gasteiger partial charge in [-0.2, -0.15) is 0 Å². The first-order chi connectivity index (χ1) is 10.5. The monoisotopic (exact) mass is 308 g/mol. The lowest BCUT2D eigenvalue weighted by atomic mass is 10.3. The summed E-state index contributed by atoms with van der Waals surface area (Å²) >= 11 is 0. The molecule has 1 heterocycles. The fourth-order valence-corrected chi connectivity index (χ4v) is 1.98. The summed E-state index contributed by atoms with van der Waals surface area (Å²) < 4.78 is 46.0. The Morgan fingerprint density at radius 2 is 1.77 bits per heavy atom. The average Bonchev–Trinajstić information content (AvgIpc) is 2.86. The van der Waals surface area contributed by atoms with Gasteiger partial charge in [0.05, 0.1) is 11.0 Å². The topological polar surface area (TPSA) is 47.1 Å². The third-order valence-corrected chi connectivity index (χ3v) is 2.85. The summed E-state index contributed by atoms with van der Waals surface area (Å²) in [6.07, 6.45) is -4.72. The number of aromatic nitrogens is 2. The Bertz CT molecular complexity index is 769. The maximum Gasteiger partial charge on any atom is 0.573 e. The van der Waals surface area contributed by atoms with Gasteiger partial charge in [-0.25, -0.2) is 4.98 Å². The smallest absolute Gasteiger partial charge is 0.486 e. The second-order valence-electron chi connectivity index (χ2n) is 4.51. The second-order valence-corrected chi connectivity index (χ2v) is 4.51. The van der Waals surface area contributed by atoms with Crippen LogP contribution in [0.25, 0.3) is 11.0 Å². The van der Waals surface area contributed by atoms with Crippen LogP contribution in [0, 0.1) is 0 Å². The number of hydrogen-bond acceptors (Lipinski definition) is 3. The van der Waals surface area contributed by atoms with Crippen molar-refractivity contribution < 1.29 is 22.6 Å². The molecule has 0 fully saturated rings. The van der Waals surface area contributed by atoms with Crippen LogP contribution in [0.5, 0.6) is 11.5 Å². The summed E-state index contributed by atoms with van der Waals surface area (Å²) in [5, 5.41) is 0. The van der Waals surface area contributed by atoms with Crippen molar-refractivity contribution in [3.63, 3.8) is 0 Å². The molecule has 0 unspecified atom stereocenters. The van der Waals surface area contributed by atoms with Gasteiger partial charge < -0.3 is 14.5 Å². The van der Waals surface area contributed by atoms with Gasteiger partial charge in [0.15, 0.2) is 0 Å². The lowest BCUT2D eigenvalue weighted by molar-refractivity contribution is -0.274. The Kier molecular flexibility index (Phi) is 3.62. The number of alkyl halides is 3. The highest BCUT2D eigenvalue weighted by molar-refractivity contribution is 5.76. The number of benzene rings is 2. The van der Waals surface area contributed by atoms with E-state index in [9.17, 15) is 13.2 Å². The fraction of sp³-hybridized carbons (Fsp3) is 0.133. The molecule has 1 N–H and O–H groups in total. The van der Waals surface area contributed by atoms with Gasteiger partial charge in [0.1, 0.15) is 23.9 Å². The van der Waals surface area contributed by atoms with Crippen molar-refractivity contribution in [1.82, 2.24) is 9.97 Å². The van der Waals surface area contributed by atoms with E-state index in [4.69, 9.17) is 4.74 Å². The molecular formula is C15H11F3N2O2. The minimum atomic E-state index is -4.72. The van der Waals surface area contributed by atoms with Gasteiger partial charge in [-0.15, -0.1) is 13.2 Å². The molecule has 4 nitrogen and oxygen atoms in total. The molecule has 0 aliphatic rings. The number of H-pyrrole nitrogens is 1. The van der Waals surface area contributed by atoms with E-state index < -0.39 is 6.36 Å². The normalized spacial score (nSPS) is 11.6. The molecule has 2 aromatic carbocycles. The molecule has 1 aromatic heterocycles. The zero-order valence-electron chi connectivity index (χ0n) is 11.2. The standard InChI is InChI=1S/C15H11F3N2O2/c16-15(17,18)22-11-6-7-12-13(8-11)20-14(19-12)9-21-10-4-2-1-3-5-10/h1-8H,9H2,(H,19,20). The van der Waals surface area contributed by atoms with Crippen LogP contribution in [0.3, 0.4) is 0 Å². The van der Waals surface area contributed by atoms with E-state index in [-0.39, 0.29) is 12.4 Å². The largest absolute Gasteiger partial charge is 0.573 e. The summed E-state index contributed by atoms with van der Waals surface area (Å²) in [5.41, 5.74) is 0.995. The van der Waals surface area contributed by atoms with E-state index in [2.05, 4.69) is 14.7 Å². The van der Waals surface area contributed by atoms with Crippen LogP contribution < -0.4 is 9.47 Å². The zero-order chi connectivity index (χ0) is 15.6. The molecule has 0 saturated carbocycles. The minimum absolute atomic E-state index is 0.189. The number of aromatic amines is 1. The number of rotatable bonds is 4. The van der Waals surface area contributed by atoms with Gasteiger partial charge in [-0.05, 0) is 24.3 Å². The molecule has 7 heteroatoms. The van der Waals surface area contributed by atoms with Gasteiger partial charge in [-0.3, -0.25) is 0 Å². The molecule has 3 aromatic rings. The van der Waals surface area contributed by atoms with Crippen molar-refractivity contribution in [3.8, 4) is 11.5 Å². The molecule has 3 rings (SSSR count). The number of imidazole rings is 1. The molecule has 22 heavy (non-hydrogen) atoms. The minimum Gasteiger partial charge on any atom is -0.486 e. The molecule has 0 bridgehead atoms. The summed E-state index contributed by atoms with van der Waals surface area (Å²) in [5.74, 6) is 0.909. The Hall–Kier alpha value is -2.70. The first-order valence-electron chi connectivity index (χ1n) is 6.42. The van der Waals surface area contributed by atoms with Crippen molar-refractivity contribution in [2.45, 2.75) is 13.0 Å². The van der Waals surface area contributed by atoms with Crippen molar-refractivity contribution in [1.29, 1.82) is 0 Å². The number of ether oxygens (including phenoxy) is 2. The number of para-hydroxylation sites is 1. The van der Waals surface area contributed by atoms with E-state index in [0.29, 0.717) is 22.6 Å². The van der Waals surface area contributed by atoms with Crippen LogP contribution in [0.4, 0.5) is 13.2 Å². The number of nitrogens with zero attached hydrogens (tertiary/aromatic N) is 1. The van der Waals surface area contributed by atoms with Crippen molar-refractivity contribution in [3.05, 3.63) is 54.4 Å². The van der Waals surface area contributed by atoms with E-state index in [1.807, 2.05) is 18.2 Å². The number of hydrogen-bond donors (Lipinski definition) is 1. The summed E-state index contributed by atoms with van der Waals surface area (Å²) in [6.45, 7) is 0.189. The van der Waals surface area contributed by atoms with Crippen molar-refractivity contribution in [2.24, 2.45) is 0 Å². The predicted octanol–water partition coefficient (Wildman–Crippen LogP) is 4.04. The number of nitrogens with one attached hydrogen (secondary N) is 1. The van der Waals surface area contributed by atoms with Crippen LogP contribution in [-0.4, -0.2) is 16.3 Å². The third-order valence-electron chi connectivity index (χ3n) is 2.85. The maximum absolute atomic E-state index is 12.2. The molecule has 0 radical (unpaired) electrons. The first-order valence-corrected chi connectivity index (χ1v) is 6.42. The fourth-order valence-electron chi connectivity index (χ4n) is 1.98. The van der Waals surface area contributed by atoms with Crippen LogP contribution >= 0.6 is 0 Å². The van der Waals surface area contributed by atoms with Gasteiger partial charge in [0, 0.05) is 6.07 Å². The molecule has 0 amide bonds. The predicted molar refractivity (Wildman–Crippen MR) is 73.6 cm³/mol. The number of fused-ring (bicyclic) bond motifs is 1.